The van der Waals surface area contributed by atoms with Crippen molar-refractivity contribution in [3.8, 4) is 16.9 Å². The van der Waals surface area contributed by atoms with Gasteiger partial charge in [0.25, 0.3) is 5.91 Å². The first kappa shape index (κ1) is 30.0. The average Bonchev–Trinajstić information content (AvgIpc) is 3.75. The molecule has 0 aliphatic carbocycles. The van der Waals surface area contributed by atoms with Crippen molar-refractivity contribution < 1.29 is 23.4 Å². The normalized spacial score (nSPS) is 22.2. The molecule has 3 aromatic heterocycles. The summed E-state index contributed by atoms with van der Waals surface area (Å²) in [5.41, 5.74) is 2.38. The predicted molar refractivity (Wildman–Crippen MR) is 172 cm³/mol. The molecule has 1 amide bonds. The lowest BCUT2D eigenvalue weighted by Crippen LogP contribution is -2.48. The smallest absolute Gasteiger partial charge is 0.256 e. The molecule has 3 fully saturated rings. The van der Waals surface area contributed by atoms with Crippen molar-refractivity contribution in [3.63, 3.8) is 0 Å². The Morgan fingerprint density at radius 1 is 1.13 bits per heavy atom. The van der Waals surface area contributed by atoms with Gasteiger partial charge in [-0.1, -0.05) is 25.7 Å². The van der Waals surface area contributed by atoms with Crippen LogP contribution in [0, 0.1) is 5.82 Å². The van der Waals surface area contributed by atoms with Gasteiger partial charge >= 0.3 is 0 Å². The highest BCUT2D eigenvalue weighted by molar-refractivity contribution is 6.76. The number of ether oxygens (including phenoxy) is 3. The summed E-state index contributed by atoms with van der Waals surface area (Å²) >= 11 is 0. The third-order valence-electron chi connectivity index (χ3n) is 8.84. The highest BCUT2D eigenvalue weighted by Gasteiger charge is 2.41. The number of nitrogens with zero attached hydrogens (tertiary/aromatic N) is 7. The van der Waals surface area contributed by atoms with Gasteiger partial charge in [0.2, 0.25) is 0 Å². The summed E-state index contributed by atoms with van der Waals surface area (Å²) in [5, 5.41) is 10.2. The van der Waals surface area contributed by atoms with E-state index in [2.05, 4.69) is 36.6 Å². The van der Waals surface area contributed by atoms with Gasteiger partial charge in [-0.2, -0.15) is 14.9 Å². The number of pyridine rings is 1. The number of rotatable bonds is 9. The van der Waals surface area contributed by atoms with Gasteiger partial charge in [0, 0.05) is 38.9 Å². The number of amides is 1. The van der Waals surface area contributed by atoms with Crippen LogP contribution in [0.3, 0.4) is 0 Å². The molecule has 11 nitrogen and oxygen atoms in total. The number of benzene rings is 1. The monoisotopic (exact) mass is 633 g/mol. The summed E-state index contributed by atoms with van der Waals surface area (Å²) < 4.78 is 36.6. The van der Waals surface area contributed by atoms with Crippen LogP contribution in [0.1, 0.15) is 19.8 Å². The first-order chi connectivity index (χ1) is 21.6. The van der Waals surface area contributed by atoms with E-state index in [1.807, 2.05) is 24.4 Å². The number of carbonyl (C=O) groups is 1. The quantitative estimate of drug-likeness (QED) is 0.191. The Bertz CT molecular complexity index is 1720. The summed E-state index contributed by atoms with van der Waals surface area (Å²) in [5.74, 6) is 0.751. The predicted octanol–water partition coefficient (Wildman–Crippen LogP) is 4.85. The highest BCUT2D eigenvalue weighted by Crippen LogP contribution is 2.37. The molecule has 3 aliphatic rings. The van der Waals surface area contributed by atoms with Crippen LogP contribution < -0.4 is 9.80 Å². The lowest BCUT2D eigenvalue weighted by atomic mass is 10.0. The van der Waals surface area contributed by atoms with E-state index in [0.717, 1.165) is 29.2 Å². The number of halogens is 1. The number of aromatic nitrogens is 5. The van der Waals surface area contributed by atoms with E-state index in [1.54, 1.807) is 21.6 Å². The van der Waals surface area contributed by atoms with Gasteiger partial charge in [-0.05, 0) is 55.1 Å². The van der Waals surface area contributed by atoms with Gasteiger partial charge in [-0.15, -0.1) is 0 Å². The molecule has 1 aromatic carbocycles. The molecule has 13 heteroatoms. The zero-order valence-corrected chi connectivity index (χ0v) is 27.3. The second-order valence-corrected chi connectivity index (χ2v) is 19.1. The fraction of sp³-hybridized carbons (Fsp3) is 0.500. The molecule has 2 bridgehead atoms. The van der Waals surface area contributed by atoms with Crippen LogP contribution in [0.4, 0.5) is 15.9 Å². The van der Waals surface area contributed by atoms with Crippen LogP contribution in [0.2, 0.25) is 25.7 Å². The topological polar surface area (TPSA) is 99.8 Å². The number of fused-ring (bicyclic) bond motifs is 3. The second kappa shape index (κ2) is 11.9. The third kappa shape index (κ3) is 6.01. The fourth-order valence-electron chi connectivity index (χ4n) is 6.28. The van der Waals surface area contributed by atoms with Gasteiger partial charge in [0.15, 0.2) is 11.5 Å². The molecule has 4 aromatic rings. The Hall–Kier alpha value is -3.65. The Kier molecular flexibility index (Phi) is 7.96. The number of hydrogen-bond donors (Lipinski definition) is 0. The van der Waals surface area contributed by atoms with Gasteiger partial charge < -0.3 is 24.0 Å². The molecule has 0 saturated carbocycles. The molecule has 2 unspecified atom stereocenters. The number of carbonyl (C=O) groups excluding carboxylic acids is 1. The SMILES string of the molecule is C[C@@H]1COCCN1c1cc(-c2ccc(N3CC4CCC(O4)C3=O)c(F)c2)c2cnn(-c3ccn(COCC[Si](C)(C)C)n3)c2n1. The Morgan fingerprint density at radius 2 is 2.00 bits per heavy atom. The zero-order valence-electron chi connectivity index (χ0n) is 26.3. The summed E-state index contributed by atoms with van der Waals surface area (Å²) in [7, 11) is -1.18. The van der Waals surface area contributed by atoms with E-state index in [1.165, 1.54) is 11.0 Å². The van der Waals surface area contributed by atoms with Crippen molar-refractivity contribution >= 4 is 36.5 Å². The molecule has 7 rings (SSSR count). The molecular weight excluding hydrogens is 593 g/mol. The maximum absolute atomic E-state index is 15.8. The molecule has 6 heterocycles. The van der Waals surface area contributed by atoms with Crippen LogP contribution in [0.15, 0.2) is 42.7 Å². The third-order valence-corrected chi connectivity index (χ3v) is 10.5. The fourth-order valence-corrected chi connectivity index (χ4v) is 7.04. The largest absolute Gasteiger partial charge is 0.377 e. The maximum Gasteiger partial charge on any atom is 0.256 e. The van der Waals surface area contributed by atoms with Crippen molar-refractivity contribution in [2.45, 2.75) is 70.4 Å². The molecule has 0 N–H and O–H groups in total. The van der Waals surface area contributed by atoms with Gasteiger partial charge in [-0.3, -0.25) is 4.79 Å². The van der Waals surface area contributed by atoms with E-state index < -0.39 is 20.0 Å². The lowest BCUT2D eigenvalue weighted by molar-refractivity contribution is -0.133. The van der Waals surface area contributed by atoms with Crippen molar-refractivity contribution in [3.05, 3.63) is 48.5 Å². The summed E-state index contributed by atoms with van der Waals surface area (Å²) in [6.07, 6.45) is 4.61. The Morgan fingerprint density at radius 3 is 2.80 bits per heavy atom. The number of hydrogen-bond acceptors (Lipinski definition) is 8. The summed E-state index contributed by atoms with van der Waals surface area (Å²) in [6, 6.07) is 10.2. The Balaban J connectivity index is 1.24. The van der Waals surface area contributed by atoms with Crippen molar-refractivity contribution in [1.29, 1.82) is 0 Å². The van der Waals surface area contributed by atoms with E-state index in [-0.39, 0.29) is 23.7 Å². The second-order valence-electron chi connectivity index (χ2n) is 13.4. The minimum atomic E-state index is -1.18. The minimum absolute atomic E-state index is 0.0457. The van der Waals surface area contributed by atoms with Gasteiger partial charge in [-0.25, -0.2) is 14.1 Å². The van der Waals surface area contributed by atoms with E-state index in [4.69, 9.17) is 24.3 Å². The first-order valence-corrected chi connectivity index (χ1v) is 19.5. The molecule has 3 saturated heterocycles. The average molecular weight is 634 g/mol. The van der Waals surface area contributed by atoms with E-state index >= 15 is 4.39 Å². The Labute approximate surface area is 262 Å². The molecule has 238 valence electrons. The van der Waals surface area contributed by atoms with Gasteiger partial charge in [0.05, 0.1) is 43.8 Å². The van der Waals surface area contributed by atoms with Crippen molar-refractivity contribution in [2.24, 2.45) is 0 Å². The van der Waals surface area contributed by atoms with Crippen LogP contribution in [0.5, 0.6) is 0 Å². The zero-order chi connectivity index (χ0) is 31.3. The van der Waals surface area contributed by atoms with Crippen molar-refractivity contribution in [1.82, 2.24) is 24.5 Å². The van der Waals surface area contributed by atoms with Crippen LogP contribution in [-0.4, -0.2) is 89.7 Å². The lowest BCUT2D eigenvalue weighted by Gasteiger charge is -2.34. The van der Waals surface area contributed by atoms with Crippen molar-refractivity contribution in [2.75, 3.05) is 42.7 Å². The van der Waals surface area contributed by atoms with Crippen LogP contribution in [0.25, 0.3) is 28.0 Å². The first-order valence-electron chi connectivity index (χ1n) is 15.8. The minimum Gasteiger partial charge on any atom is -0.377 e. The summed E-state index contributed by atoms with van der Waals surface area (Å²) in [6.45, 7) is 12.4. The summed E-state index contributed by atoms with van der Waals surface area (Å²) in [4.78, 5) is 21.8. The molecular formula is C32H40FN7O4Si. The standard InChI is InChI=1S/C32H40FN7O4Si/c1-21-19-42-12-11-38(21)30-16-24(22-5-7-27(26(33)15-22)39-18-23-6-8-28(44-23)32(39)41)25-17-34-40(31(25)35-30)29-9-10-37(36-29)20-43-13-14-45(2,3)4/h5,7,9-10,15-17,21,23,28H,6,8,11-14,18-20H2,1-4H3/t21-,23?,28?/m1/s1. The van der Waals surface area contributed by atoms with E-state index in [9.17, 15) is 4.79 Å². The maximum atomic E-state index is 15.8. The van der Waals surface area contributed by atoms with E-state index in [0.29, 0.717) is 63.1 Å². The molecule has 45 heavy (non-hydrogen) atoms. The number of morpholine rings is 2. The molecule has 0 spiro atoms. The molecule has 0 radical (unpaired) electrons. The van der Waals surface area contributed by atoms with Crippen LogP contribution >= 0.6 is 0 Å². The highest BCUT2D eigenvalue weighted by atomic mass is 28.3. The molecule has 3 atom stereocenters. The van der Waals surface area contributed by atoms with Gasteiger partial charge in [0.1, 0.15) is 24.5 Å². The molecule has 3 aliphatic heterocycles. The number of anilines is 2. The van der Waals surface area contributed by atoms with Crippen LogP contribution in [-0.2, 0) is 25.7 Å².